The standard InChI is InChI=1S/C18H19ClN2O/c19-15-6-5-12-7-9-20-10-8-13(12)18(15)21-16-11-22-17-4-2-1-3-14(16)17/h1-6,16,20-21H,7-11H2. The van der Waals surface area contributed by atoms with Crippen LogP contribution in [0.5, 0.6) is 5.75 Å². The van der Waals surface area contributed by atoms with Crippen LogP contribution in [0.3, 0.4) is 0 Å². The zero-order valence-electron chi connectivity index (χ0n) is 12.4. The van der Waals surface area contributed by atoms with Gasteiger partial charge in [-0.25, -0.2) is 0 Å². The number of hydrogen-bond acceptors (Lipinski definition) is 3. The van der Waals surface area contributed by atoms with E-state index in [4.69, 9.17) is 16.3 Å². The molecule has 2 N–H and O–H groups in total. The molecular formula is C18H19ClN2O. The van der Waals surface area contributed by atoms with Crippen LogP contribution in [-0.4, -0.2) is 19.7 Å². The van der Waals surface area contributed by atoms with Gasteiger partial charge < -0.3 is 15.4 Å². The van der Waals surface area contributed by atoms with Crippen molar-refractivity contribution in [3.05, 3.63) is 58.1 Å². The molecule has 2 aromatic carbocycles. The lowest BCUT2D eigenvalue weighted by atomic mass is 9.99. The maximum atomic E-state index is 6.50. The number of fused-ring (bicyclic) bond motifs is 2. The highest BCUT2D eigenvalue weighted by atomic mass is 35.5. The Balaban J connectivity index is 1.69. The quantitative estimate of drug-likeness (QED) is 0.889. The molecule has 0 saturated carbocycles. The van der Waals surface area contributed by atoms with E-state index in [0.717, 1.165) is 42.4 Å². The summed E-state index contributed by atoms with van der Waals surface area (Å²) in [7, 11) is 0. The van der Waals surface area contributed by atoms with Gasteiger partial charge in [0.2, 0.25) is 0 Å². The second kappa shape index (κ2) is 5.82. The van der Waals surface area contributed by atoms with E-state index in [2.05, 4.69) is 28.8 Å². The van der Waals surface area contributed by atoms with E-state index in [0.29, 0.717) is 6.61 Å². The van der Waals surface area contributed by atoms with E-state index in [1.807, 2.05) is 18.2 Å². The summed E-state index contributed by atoms with van der Waals surface area (Å²) in [6.07, 6.45) is 2.06. The molecule has 4 heteroatoms. The molecule has 0 aromatic heterocycles. The van der Waals surface area contributed by atoms with Crippen LogP contribution in [0.25, 0.3) is 0 Å². The summed E-state index contributed by atoms with van der Waals surface area (Å²) in [5, 5.41) is 7.89. The van der Waals surface area contributed by atoms with Gasteiger partial charge in [-0.05, 0) is 49.2 Å². The number of ether oxygens (including phenoxy) is 1. The average molecular weight is 315 g/mol. The summed E-state index contributed by atoms with van der Waals surface area (Å²) in [6.45, 7) is 2.68. The molecule has 0 amide bonds. The van der Waals surface area contributed by atoms with Crippen LogP contribution in [0.2, 0.25) is 5.02 Å². The minimum absolute atomic E-state index is 0.163. The maximum absolute atomic E-state index is 6.50. The second-order valence-corrected chi connectivity index (χ2v) is 6.26. The van der Waals surface area contributed by atoms with Crippen molar-refractivity contribution in [2.45, 2.75) is 18.9 Å². The largest absolute Gasteiger partial charge is 0.491 e. The van der Waals surface area contributed by atoms with Crippen LogP contribution in [-0.2, 0) is 12.8 Å². The molecule has 1 atom stereocenters. The van der Waals surface area contributed by atoms with Crippen LogP contribution in [0.1, 0.15) is 22.7 Å². The Bertz CT molecular complexity index is 701. The number of para-hydroxylation sites is 1. The summed E-state index contributed by atoms with van der Waals surface area (Å²) >= 11 is 6.50. The zero-order chi connectivity index (χ0) is 14.9. The monoisotopic (exact) mass is 314 g/mol. The Kier molecular flexibility index (Phi) is 3.68. The molecule has 0 bridgehead atoms. The lowest BCUT2D eigenvalue weighted by molar-refractivity contribution is 0.340. The van der Waals surface area contributed by atoms with Crippen LogP contribution in [0, 0.1) is 0 Å². The Hall–Kier alpha value is -1.71. The topological polar surface area (TPSA) is 33.3 Å². The van der Waals surface area contributed by atoms with Crippen molar-refractivity contribution in [2.75, 3.05) is 25.0 Å². The van der Waals surface area contributed by atoms with Gasteiger partial charge in [-0.15, -0.1) is 0 Å². The third kappa shape index (κ3) is 2.44. The first-order valence-electron chi connectivity index (χ1n) is 7.82. The van der Waals surface area contributed by atoms with Crippen molar-refractivity contribution < 1.29 is 4.74 Å². The van der Waals surface area contributed by atoms with E-state index < -0.39 is 0 Å². The Labute approximate surface area is 135 Å². The van der Waals surface area contributed by atoms with Gasteiger partial charge in [0.15, 0.2) is 0 Å². The molecule has 2 aromatic rings. The molecular weight excluding hydrogens is 296 g/mol. The van der Waals surface area contributed by atoms with Gasteiger partial charge in [0.25, 0.3) is 0 Å². The van der Waals surface area contributed by atoms with Gasteiger partial charge in [-0.2, -0.15) is 0 Å². The zero-order valence-corrected chi connectivity index (χ0v) is 13.1. The molecule has 2 heterocycles. The fourth-order valence-corrected chi connectivity index (χ4v) is 3.59. The molecule has 2 aliphatic rings. The van der Waals surface area contributed by atoms with Gasteiger partial charge >= 0.3 is 0 Å². The number of nitrogens with one attached hydrogen (secondary N) is 2. The van der Waals surface area contributed by atoms with E-state index in [1.54, 1.807) is 0 Å². The van der Waals surface area contributed by atoms with Crippen molar-refractivity contribution in [3.8, 4) is 5.75 Å². The summed E-state index contributed by atoms with van der Waals surface area (Å²) in [5.41, 5.74) is 5.03. The number of hydrogen-bond donors (Lipinski definition) is 2. The minimum atomic E-state index is 0.163. The first-order chi connectivity index (χ1) is 10.8. The van der Waals surface area contributed by atoms with Crippen LogP contribution < -0.4 is 15.4 Å². The van der Waals surface area contributed by atoms with E-state index in [-0.39, 0.29) is 6.04 Å². The van der Waals surface area contributed by atoms with Gasteiger partial charge in [0.1, 0.15) is 12.4 Å². The molecule has 3 nitrogen and oxygen atoms in total. The minimum Gasteiger partial charge on any atom is -0.491 e. The van der Waals surface area contributed by atoms with Crippen LogP contribution >= 0.6 is 11.6 Å². The fraction of sp³-hybridized carbons (Fsp3) is 0.333. The van der Waals surface area contributed by atoms with Crippen molar-refractivity contribution in [2.24, 2.45) is 0 Å². The third-order valence-corrected chi connectivity index (χ3v) is 4.82. The van der Waals surface area contributed by atoms with Crippen molar-refractivity contribution in [1.82, 2.24) is 5.32 Å². The molecule has 0 saturated heterocycles. The molecule has 1 unspecified atom stereocenters. The summed E-state index contributed by atoms with van der Waals surface area (Å²) in [5.74, 6) is 0.972. The Morgan fingerprint density at radius 2 is 1.95 bits per heavy atom. The predicted octanol–water partition coefficient (Wildman–Crippen LogP) is 3.57. The number of rotatable bonds is 2. The third-order valence-electron chi connectivity index (χ3n) is 4.50. The van der Waals surface area contributed by atoms with Gasteiger partial charge in [-0.1, -0.05) is 35.9 Å². The molecule has 2 aliphatic heterocycles. The lowest BCUT2D eigenvalue weighted by Crippen LogP contribution is -2.17. The molecule has 4 rings (SSSR count). The lowest BCUT2D eigenvalue weighted by Gasteiger charge is -2.20. The number of halogens is 1. The normalized spacial score (nSPS) is 19.8. The summed E-state index contributed by atoms with van der Waals surface area (Å²) < 4.78 is 5.77. The Morgan fingerprint density at radius 1 is 1.09 bits per heavy atom. The van der Waals surface area contributed by atoms with Crippen LogP contribution in [0.15, 0.2) is 36.4 Å². The van der Waals surface area contributed by atoms with Gasteiger partial charge in [-0.3, -0.25) is 0 Å². The molecule has 114 valence electrons. The SMILES string of the molecule is Clc1ccc2c(c1NC1COc3ccccc31)CCNCC2. The highest BCUT2D eigenvalue weighted by Gasteiger charge is 2.25. The average Bonchev–Trinajstić information content (AvgIpc) is 2.79. The van der Waals surface area contributed by atoms with Gasteiger partial charge in [0.05, 0.1) is 16.8 Å². The van der Waals surface area contributed by atoms with E-state index in [9.17, 15) is 0 Å². The van der Waals surface area contributed by atoms with E-state index >= 15 is 0 Å². The Morgan fingerprint density at radius 3 is 2.91 bits per heavy atom. The summed E-state index contributed by atoms with van der Waals surface area (Å²) in [4.78, 5) is 0. The van der Waals surface area contributed by atoms with E-state index in [1.165, 1.54) is 16.7 Å². The predicted molar refractivity (Wildman–Crippen MR) is 90.0 cm³/mol. The van der Waals surface area contributed by atoms with Gasteiger partial charge in [0, 0.05) is 5.56 Å². The fourth-order valence-electron chi connectivity index (χ4n) is 3.36. The first-order valence-corrected chi connectivity index (χ1v) is 8.20. The van der Waals surface area contributed by atoms with Crippen molar-refractivity contribution in [3.63, 3.8) is 0 Å². The number of benzene rings is 2. The highest BCUT2D eigenvalue weighted by Crippen LogP contribution is 2.38. The highest BCUT2D eigenvalue weighted by molar-refractivity contribution is 6.33. The smallest absolute Gasteiger partial charge is 0.124 e. The molecule has 0 fully saturated rings. The second-order valence-electron chi connectivity index (χ2n) is 5.86. The first kappa shape index (κ1) is 13.9. The molecule has 0 spiro atoms. The van der Waals surface area contributed by atoms with Crippen molar-refractivity contribution >= 4 is 17.3 Å². The molecule has 0 radical (unpaired) electrons. The maximum Gasteiger partial charge on any atom is 0.124 e. The number of anilines is 1. The van der Waals surface area contributed by atoms with Crippen molar-refractivity contribution in [1.29, 1.82) is 0 Å². The van der Waals surface area contributed by atoms with Crippen LogP contribution in [0.4, 0.5) is 5.69 Å². The molecule has 22 heavy (non-hydrogen) atoms. The summed E-state index contributed by atoms with van der Waals surface area (Å²) in [6, 6.07) is 12.5. The molecule has 0 aliphatic carbocycles.